The van der Waals surface area contributed by atoms with Gasteiger partial charge in [0.05, 0.1) is 4.92 Å². The number of nitrogens with two attached hydrogens (primary N) is 2. The number of nitrogens with one attached hydrogen (secondary N) is 2. The topological polar surface area (TPSA) is 149 Å². The average molecular weight is 254 g/mol. The molecule has 0 atom stereocenters. The van der Waals surface area contributed by atoms with E-state index in [1.165, 1.54) is 12.1 Å². The molecule has 0 fully saturated rings. The normalized spacial score (nSPS) is 9.83. The van der Waals surface area contributed by atoms with Crippen LogP contribution in [-0.4, -0.2) is 22.4 Å². The van der Waals surface area contributed by atoms with E-state index in [9.17, 15) is 14.9 Å². The van der Waals surface area contributed by atoms with Gasteiger partial charge in [-0.05, 0) is 12.5 Å². The number of hydrogen-bond acceptors (Lipinski definition) is 7. The SMILES string of the molecule is NNc1ccc([N+](=O)[O-])c(NCCCC(N)=O)n1. The van der Waals surface area contributed by atoms with Gasteiger partial charge in [0.25, 0.3) is 0 Å². The first-order valence-electron chi connectivity index (χ1n) is 5.19. The highest BCUT2D eigenvalue weighted by Crippen LogP contribution is 2.23. The maximum atomic E-state index is 10.8. The van der Waals surface area contributed by atoms with E-state index < -0.39 is 10.8 Å². The highest BCUT2D eigenvalue weighted by atomic mass is 16.6. The van der Waals surface area contributed by atoms with Crippen molar-refractivity contribution in [1.29, 1.82) is 0 Å². The molecule has 9 nitrogen and oxygen atoms in total. The van der Waals surface area contributed by atoms with Crippen molar-refractivity contribution >= 4 is 23.2 Å². The lowest BCUT2D eigenvalue weighted by atomic mass is 10.3. The fourth-order valence-corrected chi connectivity index (χ4v) is 1.28. The van der Waals surface area contributed by atoms with E-state index in [1.54, 1.807) is 0 Å². The minimum absolute atomic E-state index is 0.0971. The summed E-state index contributed by atoms with van der Waals surface area (Å²) < 4.78 is 0. The van der Waals surface area contributed by atoms with Crippen LogP contribution >= 0.6 is 0 Å². The van der Waals surface area contributed by atoms with Crippen LogP contribution in [0.15, 0.2) is 12.1 Å². The summed E-state index contributed by atoms with van der Waals surface area (Å²) in [4.78, 5) is 24.7. The summed E-state index contributed by atoms with van der Waals surface area (Å²) in [7, 11) is 0. The van der Waals surface area contributed by atoms with Gasteiger partial charge in [0.1, 0.15) is 5.82 Å². The number of nitro groups is 1. The molecule has 0 unspecified atom stereocenters. The molecule has 1 amide bonds. The van der Waals surface area contributed by atoms with E-state index >= 15 is 0 Å². The number of hydrazine groups is 1. The van der Waals surface area contributed by atoms with Crippen molar-refractivity contribution in [3.8, 4) is 0 Å². The largest absolute Gasteiger partial charge is 0.370 e. The minimum Gasteiger partial charge on any atom is -0.370 e. The maximum Gasteiger partial charge on any atom is 0.311 e. The number of primary amides is 1. The maximum absolute atomic E-state index is 10.8. The summed E-state index contributed by atoms with van der Waals surface area (Å²) >= 11 is 0. The average Bonchev–Trinajstić information content (AvgIpc) is 2.33. The van der Waals surface area contributed by atoms with Crippen LogP contribution in [0.25, 0.3) is 0 Å². The van der Waals surface area contributed by atoms with Gasteiger partial charge in [-0.1, -0.05) is 0 Å². The van der Waals surface area contributed by atoms with Crippen molar-refractivity contribution in [3.05, 3.63) is 22.2 Å². The van der Waals surface area contributed by atoms with Gasteiger partial charge in [0.2, 0.25) is 11.7 Å². The number of rotatable bonds is 7. The molecule has 98 valence electrons. The lowest BCUT2D eigenvalue weighted by Crippen LogP contribution is -2.14. The Labute approximate surface area is 103 Å². The van der Waals surface area contributed by atoms with Crippen LogP contribution < -0.4 is 22.3 Å². The van der Waals surface area contributed by atoms with E-state index in [0.717, 1.165) is 0 Å². The van der Waals surface area contributed by atoms with E-state index in [4.69, 9.17) is 11.6 Å². The minimum atomic E-state index is -0.552. The standard InChI is InChI=1S/C9H14N6O3/c10-7(16)2-1-5-12-9-6(15(17)18)3-4-8(13-9)14-11/h3-4H,1-2,5,11H2,(H2,10,16)(H2,12,13,14). The smallest absolute Gasteiger partial charge is 0.311 e. The Morgan fingerprint density at radius 1 is 1.50 bits per heavy atom. The monoisotopic (exact) mass is 254 g/mol. The van der Waals surface area contributed by atoms with Gasteiger partial charge < -0.3 is 16.5 Å². The first-order valence-corrected chi connectivity index (χ1v) is 5.19. The number of aromatic nitrogens is 1. The summed E-state index contributed by atoms with van der Waals surface area (Å²) in [6.07, 6.45) is 0.671. The van der Waals surface area contributed by atoms with E-state index in [2.05, 4.69) is 15.7 Å². The molecule has 0 aliphatic rings. The molecule has 6 N–H and O–H groups in total. The van der Waals surface area contributed by atoms with Crippen LogP contribution in [0.4, 0.5) is 17.3 Å². The van der Waals surface area contributed by atoms with Crippen molar-refractivity contribution < 1.29 is 9.72 Å². The second-order valence-electron chi connectivity index (χ2n) is 3.46. The molecule has 0 aliphatic heterocycles. The Morgan fingerprint density at radius 3 is 2.78 bits per heavy atom. The zero-order chi connectivity index (χ0) is 13.5. The predicted octanol–water partition coefficient (Wildman–Crippen LogP) is -0.0472. The molecule has 9 heteroatoms. The Balaban J connectivity index is 2.71. The third kappa shape index (κ3) is 3.87. The summed E-state index contributed by atoms with van der Waals surface area (Å²) in [5.41, 5.74) is 7.11. The van der Waals surface area contributed by atoms with Crippen LogP contribution in [-0.2, 0) is 4.79 Å². The summed E-state index contributed by atoms with van der Waals surface area (Å²) in [5, 5.41) is 13.5. The molecule has 1 aromatic rings. The van der Waals surface area contributed by atoms with Gasteiger partial charge >= 0.3 is 5.69 Å². The van der Waals surface area contributed by atoms with E-state index in [0.29, 0.717) is 18.8 Å². The molecular weight excluding hydrogens is 240 g/mol. The highest BCUT2D eigenvalue weighted by Gasteiger charge is 2.15. The first-order chi connectivity index (χ1) is 8.54. The van der Waals surface area contributed by atoms with Gasteiger partial charge in [-0.2, -0.15) is 0 Å². The third-order valence-corrected chi connectivity index (χ3v) is 2.11. The molecule has 0 aromatic carbocycles. The summed E-state index contributed by atoms with van der Waals surface area (Å²) in [5.74, 6) is 5.15. The molecule has 0 bridgehead atoms. The number of carbonyl (C=O) groups is 1. The number of nitrogens with zero attached hydrogens (tertiary/aromatic N) is 2. The number of amides is 1. The van der Waals surface area contributed by atoms with Crippen LogP contribution in [0, 0.1) is 10.1 Å². The molecule has 0 spiro atoms. The zero-order valence-corrected chi connectivity index (χ0v) is 9.55. The second-order valence-corrected chi connectivity index (χ2v) is 3.46. The number of pyridine rings is 1. The lowest BCUT2D eigenvalue weighted by Gasteiger charge is -2.07. The molecule has 0 saturated carbocycles. The molecule has 0 aliphatic carbocycles. The number of hydrogen-bond donors (Lipinski definition) is 4. The molecule has 0 saturated heterocycles. The first kappa shape index (κ1) is 13.6. The van der Waals surface area contributed by atoms with Crippen LogP contribution in [0.3, 0.4) is 0 Å². The van der Waals surface area contributed by atoms with Crippen LogP contribution in [0.1, 0.15) is 12.8 Å². The quantitative estimate of drug-likeness (QED) is 0.230. The van der Waals surface area contributed by atoms with Crippen molar-refractivity contribution in [2.45, 2.75) is 12.8 Å². The molecule has 1 aromatic heterocycles. The Bertz CT molecular complexity index is 450. The van der Waals surface area contributed by atoms with Gasteiger partial charge in [-0.3, -0.25) is 14.9 Å². The van der Waals surface area contributed by atoms with Crippen molar-refractivity contribution in [2.75, 3.05) is 17.3 Å². The van der Waals surface area contributed by atoms with Gasteiger partial charge in [-0.25, -0.2) is 10.8 Å². The van der Waals surface area contributed by atoms with Crippen LogP contribution in [0.2, 0.25) is 0 Å². The molecule has 1 rings (SSSR count). The second kappa shape index (κ2) is 6.35. The lowest BCUT2D eigenvalue weighted by molar-refractivity contribution is -0.384. The zero-order valence-electron chi connectivity index (χ0n) is 9.55. The number of anilines is 2. The molecule has 1 heterocycles. The number of carbonyl (C=O) groups excluding carboxylic acids is 1. The fourth-order valence-electron chi connectivity index (χ4n) is 1.28. The Morgan fingerprint density at radius 2 is 2.22 bits per heavy atom. The fraction of sp³-hybridized carbons (Fsp3) is 0.333. The summed E-state index contributed by atoms with van der Waals surface area (Å²) in [6.45, 7) is 0.352. The number of nitrogen functional groups attached to an aromatic ring is 1. The van der Waals surface area contributed by atoms with Crippen LogP contribution in [0.5, 0.6) is 0 Å². The predicted molar refractivity (Wildman–Crippen MR) is 65.6 cm³/mol. The third-order valence-electron chi connectivity index (χ3n) is 2.11. The van der Waals surface area contributed by atoms with Gasteiger partial charge in [0.15, 0.2) is 0 Å². The molecule has 0 radical (unpaired) electrons. The van der Waals surface area contributed by atoms with Gasteiger partial charge in [-0.15, -0.1) is 0 Å². The van der Waals surface area contributed by atoms with Crippen molar-refractivity contribution in [3.63, 3.8) is 0 Å². The Hall–Kier alpha value is -2.42. The van der Waals surface area contributed by atoms with E-state index in [-0.39, 0.29) is 17.9 Å². The molecule has 18 heavy (non-hydrogen) atoms. The van der Waals surface area contributed by atoms with Gasteiger partial charge in [0, 0.05) is 19.0 Å². The van der Waals surface area contributed by atoms with E-state index in [1.807, 2.05) is 0 Å². The molecular formula is C9H14N6O3. The van der Waals surface area contributed by atoms with Crippen molar-refractivity contribution in [1.82, 2.24) is 4.98 Å². The summed E-state index contributed by atoms with van der Waals surface area (Å²) in [6, 6.07) is 2.69. The van der Waals surface area contributed by atoms with Crippen molar-refractivity contribution in [2.24, 2.45) is 11.6 Å². The Kier molecular flexibility index (Phi) is 4.81. The highest BCUT2D eigenvalue weighted by molar-refractivity contribution is 5.73.